The van der Waals surface area contributed by atoms with E-state index in [1.165, 1.54) is 0 Å². The van der Waals surface area contributed by atoms with Gasteiger partial charge in [0.25, 0.3) is 11.8 Å². The molecular weight excluding hydrogens is 1140 g/mol. The molecule has 0 radical (unpaired) electrons. The van der Waals surface area contributed by atoms with Gasteiger partial charge in [0.1, 0.15) is 60.7 Å². The first-order valence-electron chi connectivity index (χ1n) is 17.1. The average Bonchev–Trinajstić information content (AvgIpc) is 3.18. The van der Waals surface area contributed by atoms with Crippen molar-refractivity contribution < 1.29 is 270 Å². The summed E-state index contributed by atoms with van der Waals surface area (Å²) in [6, 6.07) is 10.1. The number of benzene rings is 6. The summed E-state index contributed by atoms with van der Waals surface area (Å²) in [4.78, 5) is 33.5. The zero-order valence-electron chi connectivity index (χ0n) is 37.8. The first kappa shape index (κ1) is 71.5. The maximum absolute atomic E-state index is 13.4. The Hall–Kier alpha value is -0.490. The van der Waals surface area contributed by atoms with Crippen LogP contribution < -0.4 is 199 Å². The minimum Gasteiger partial charge on any atom is -0.744 e. The monoisotopic (exact) mass is 1160 g/mol. The molecule has 0 aromatic heterocycles. The first-order valence-corrected chi connectivity index (χ1v) is 25.5. The van der Waals surface area contributed by atoms with Crippen LogP contribution in [0.2, 0.25) is 0 Å². The molecule has 0 unspecified atom stereocenters. The number of urea groups is 1. The van der Waals surface area contributed by atoms with Gasteiger partial charge in [0, 0.05) is 22.1 Å². The van der Waals surface area contributed by atoms with Crippen molar-refractivity contribution in [2.75, 3.05) is 21.3 Å². The quantitative estimate of drug-likeness (QED) is 0.0653. The van der Waals surface area contributed by atoms with Crippen molar-refractivity contribution >= 4 is 123 Å². The summed E-state index contributed by atoms with van der Waals surface area (Å²) in [6.45, 7) is 0. The fourth-order valence-electron chi connectivity index (χ4n) is 6.09. The van der Waals surface area contributed by atoms with Gasteiger partial charge in [0.15, 0.2) is 0 Å². The van der Waals surface area contributed by atoms with Crippen LogP contribution in [0.1, 0.15) is 20.7 Å². The molecule has 37 heteroatoms. The summed E-state index contributed by atoms with van der Waals surface area (Å²) in [5.41, 5.74) is -4.30. The van der Waals surface area contributed by atoms with E-state index >= 15 is 0 Å². The molecule has 6 aromatic rings. The van der Waals surface area contributed by atoms with E-state index in [1.807, 2.05) is 21.3 Å². The van der Waals surface area contributed by atoms with E-state index < -0.39 is 142 Å². The van der Waals surface area contributed by atoms with Crippen LogP contribution in [0.25, 0.3) is 21.5 Å². The molecular formula is C35H20N4Na6O21S6. The van der Waals surface area contributed by atoms with E-state index in [2.05, 4.69) is 0 Å². The summed E-state index contributed by atoms with van der Waals surface area (Å²) in [5, 5.41) is 7.14. The largest absolute Gasteiger partial charge is 1.00 e. The molecule has 0 fully saturated rings. The number of nitrogens with one attached hydrogen (secondary N) is 4. The maximum atomic E-state index is 13.4. The normalized spacial score (nSPS) is 11.6. The van der Waals surface area contributed by atoms with Crippen molar-refractivity contribution in [3.05, 3.63) is 108 Å². The van der Waals surface area contributed by atoms with Gasteiger partial charge in [-0.15, -0.1) is 0 Å². The average molecular weight is 1160 g/mol. The summed E-state index contributed by atoms with van der Waals surface area (Å²) in [5.74, 6) is -2.96. The molecule has 4 N–H and O–H groups in total. The van der Waals surface area contributed by atoms with Crippen LogP contribution in [0, 0.1) is 0 Å². The Labute approximate surface area is 542 Å². The number of rotatable bonds is 12. The van der Waals surface area contributed by atoms with Crippen molar-refractivity contribution in [3.8, 4) is 0 Å². The van der Waals surface area contributed by atoms with Crippen LogP contribution in [0.3, 0.4) is 0 Å². The molecule has 25 nitrogen and oxygen atoms in total. The minimum absolute atomic E-state index is 0. The van der Waals surface area contributed by atoms with Crippen LogP contribution in [0.15, 0.2) is 126 Å². The molecule has 0 saturated heterocycles. The van der Waals surface area contributed by atoms with Gasteiger partial charge in [-0.25, -0.2) is 55.3 Å². The Morgan fingerprint density at radius 1 is 0.333 bits per heavy atom. The van der Waals surface area contributed by atoms with Crippen LogP contribution in [0.5, 0.6) is 0 Å². The van der Waals surface area contributed by atoms with Crippen LogP contribution >= 0.6 is 0 Å². The smallest absolute Gasteiger partial charge is 0.744 e. The van der Waals surface area contributed by atoms with Gasteiger partial charge in [-0.05, 0) is 95.7 Å². The maximum Gasteiger partial charge on any atom is 1.00 e. The molecule has 348 valence electrons. The molecule has 0 bridgehead atoms. The second kappa shape index (κ2) is 26.9. The van der Waals surface area contributed by atoms with E-state index in [9.17, 15) is 92.2 Å². The van der Waals surface area contributed by atoms with Crippen LogP contribution in [0.4, 0.5) is 27.5 Å². The zero-order chi connectivity index (χ0) is 49.1. The Kier molecular flexibility index (Phi) is 26.7. The Morgan fingerprint density at radius 3 is 0.917 bits per heavy atom. The molecule has 0 saturated carbocycles. The number of carbonyl (C=O) groups excluding carboxylic acids is 3. The molecule has 6 aromatic carbocycles. The van der Waals surface area contributed by atoms with Crippen molar-refractivity contribution in [2.24, 2.45) is 0 Å². The second-order valence-electron chi connectivity index (χ2n) is 13.3. The summed E-state index contributed by atoms with van der Waals surface area (Å²) in [7, 11) is -32.1. The molecule has 4 amide bonds. The Morgan fingerprint density at radius 2 is 0.639 bits per heavy atom. The van der Waals surface area contributed by atoms with Gasteiger partial charge in [-0.3, -0.25) is 9.59 Å². The van der Waals surface area contributed by atoms with Gasteiger partial charge in [-0.1, -0.05) is 12.1 Å². The first-order chi connectivity index (χ1) is 30.2. The van der Waals surface area contributed by atoms with Crippen molar-refractivity contribution in [2.45, 2.75) is 29.4 Å². The number of fused-ring (bicyclic) bond motifs is 2. The van der Waals surface area contributed by atoms with E-state index in [4.69, 9.17) is 0 Å². The van der Waals surface area contributed by atoms with E-state index in [0.29, 0.717) is 48.5 Å². The second-order valence-corrected chi connectivity index (χ2v) is 21.6. The minimum atomic E-state index is -5.65. The number of carbonyl (C=O) groups is 3. The number of amides is 4. The predicted octanol–water partition coefficient (Wildman–Crippen LogP) is -16.4. The van der Waals surface area contributed by atoms with Crippen LogP contribution in [-0.4, -0.2) is 95.7 Å². The Bertz CT molecular complexity index is 3610. The fourth-order valence-corrected chi connectivity index (χ4v) is 9.55. The van der Waals surface area contributed by atoms with Crippen LogP contribution in [-0.2, 0) is 60.7 Å². The molecule has 0 heterocycles. The van der Waals surface area contributed by atoms with Crippen molar-refractivity contribution in [1.29, 1.82) is 0 Å². The van der Waals surface area contributed by atoms with Gasteiger partial charge < -0.3 is 48.6 Å². The zero-order valence-corrected chi connectivity index (χ0v) is 54.7. The summed E-state index contributed by atoms with van der Waals surface area (Å²) >= 11 is 0. The molecule has 0 spiro atoms. The molecule has 6 rings (SSSR count). The third-order valence-electron chi connectivity index (χ3n) is 8.96. The third kappa shape index (κ3) is 17.8. The molecule has 0 aliphatic carbocycles. The third-order valence-corrected chi connectivity index (χ3v) is 14.0. The standard InChI is InChI=1S/C35H26N4O21S6.6Na/c40-33(38-29-15-23(63(49,50)51)9-17-1-5-21(13-27(17)29)61(43,44)45)25-7-3-19(11-31(25)65(55,56)57)36-35(42)37-20-4-8-26(32(12-20)66(58,59)60)34(41)39-30-16-24(64(52,53)54)10-18-2-6-22(14-28(18)30)62(46,47)48;;;;;;/h1-16H,(H,38,40)(H,39,41)(H2,36,37,42)(H,43,44,45)(H,46,47,48)(H,49,50,51)(H,52,53,54)(H,55,56,57)(H,58,59,60);;;;;;/q;6*+1/p-6. The molecule has 0 aliphatic heterocycles. The number of hydrogen-bond donors (Lipinski definition) is 4. The fraction of sp³-hybridized carbons (Fsp3) is 0. The number of hydrogen-bond acceptors (Lipinski definition) is 21. The van der Waals surface area contributed by atoms with Gasteiger partial charge >= 0.3 is 183 Å². The van der Waals surface area contributed by atoms with E-state index in [-0.39, 0.29) is 199 Å². The summed E-state index contributed by atoms with van der Waals surface area (Å²) in [6.07, 6.45) is 0. The Balaban J connectivity index is 0.00000840. The van der Waals surface area contributed by atoms with E-state index in [0.717, 1.165) is 48.5 Å². The van der Waals surface area contributed by atoms with Gasteiger partial charge in [-0.2, -0.15) is 0 Å². The van der Waals surface area contributed by atoms with Gasteiger partial charge in [0.2, 0.25) is 0 Å². The SMILES string of the molecule is O=C(Nc1ccc(C(=O)Nc2cc(S(=O)(=O)[O-])cc3ccc(S(=O)(=O)[O-])cc23)c(S(=O)(=O)[O-])c1)Nc1ccc(C(=O)Nc2cc(S(=O)(=O)[O-])cc3ccc(S(=O)(=O)[O-])cc23)c(S(=O)(=O)[O-])c1.[Na+].[Na+].[Na+].[Na+].[Na+].[Na+]. The predicted molar refractivity (Wildman–Crippen MR) is 217 cm³/mol. The summed E-state index contributed by atoms with van der Waals surface area (Å²) < 4.78 is 215. The topological polar surface area (TPSA) is 443 Å². The van der Waals surface area contributed by atoms with Crippen molar-refractivity contribution in [3.63, 3.8) is 0 Å². The molecule has 0 atom stereocenters. The number of anilines is 4. The molecule has 0 aliphatic rings. The van der Waals surface area contributed by atoms with Crippen molar-refractivity contribution in [1.82, 2.24) is 0 Å². The van der Waals surface area contributed by atoms with E-state index in [1.54, 1.807) is 0 Å². The molecule has 72 heavy (non-hydrogen) atoms. The van der Waals surface area contributed by atoms with Gasteiger partial charge in [0.05, 0.1) is 51.9 Å².